The number of nitriles is 1. The van der Waals surface area contributed by atoms with Crippen LogP contribution in [0.3, 0.4) is 0 Å². The minimum Gasteiger partial charge on any atom is -0.496 e. The standard InChI is InChI=1S/C26H27N5O4S/c1-34-21-6-4-3-5-18(21)8-9-23(32)30-25-20(13-27)19-11-12-31(16-22(19)36-25)26(33)29-15-17-7-10-24(35-2)28-14-17/h3-7,10,14H,8-9,11-12,15-16H2,1-2H3,(H,29,33)(H,30,32). The number of aryl methyl sites for hydroxylation is 1. The van der Waals surface area contributed by atoms with Crippen molar-refractivity contribution in [3.8, 4) is 17.7 Å². The number of aromatic nitrogens is 1. The quantitative estimate of drug-likeness (QED) is 0.480. The summed E-state index contributed by atoms with van der Waals surface area (Å²) in [5.74, 6) is 1.09. The van der Waals surface area contributed by atoms with Gasteiger partial charge in [0.25, 0.3) is 0 Å². The highest BCUT2D eigenvalue weighted by atomic mass is 32.1. The van der Waals surface area contributed by atoms with Crippen molar-refractivity contribution < 1.29 is 19.1 Å². The average molecular weight is 506 g/mol. The number of urea groups is 1. The van der Waals surface area contributed by atoms with Gasteiger partial charge in [-0.15, -0.1) is 11.3 Å². The highest BCUT2D eigenvalue weighted by Crippen LogP contribution is 2.36. The SMILES string of the molecule is COc1ccc(CNC(=O)N2CCc3c(sc(NC(=O)CCc4ccccc4OC)c3C#N)C2)cn1. The van der Waals surface area contributed by atoms with Gasteiger partial charge in [-0.25, -0.2) is 9.78 Å². The average Bonchev–Trinajstić information content (AvgIpc) is 3.26. The first-order valence-corrected chi connectivity index (χ1v) is 12.3. The number of methoxy groups -OCH3 is 2. The number of carbonyl (C=O) groups excluding carboxylic acids is 2. The van der Waals surface area contributed by atoms with Gasteiger partial charge in [0.15, 0.2) is 0 Å². The summed E-state index contributed by atoms with van der Waals surface area (Å²) in [6, 6.07) is 13.2. The highest BCUT2D eigenvalue weighted by molar-refractivity contribution is 7.16. The summed E-state index contributed by atoms with van der Waals surface area (Å²) >= 11 is 1.36. The lowest BCUT2D eigenvalue weighted by atomic mass is 10.0. The van der Waals surface area contributed by atoms with Gasteiger partial charge in [0.1, 0.15) is 16.8 Å². The molecule has 0 bridgehead atoms. The Morgan fingerprint density at radius 3 is 2.75 bits per heavy atom. The van der Waals surface area contributed by atoms with E-state index in [1.54, 1.807) is 31.4 Å². The van der Waals surface area contributed by atoms with Gasteiger partial charge >= 0.3 is 6.03 Å². The Kier molecular flexibility index (Phi) is 8.02. The maximum absolute atomic E-state index is 12.7. The number of benzene rings is 1. The summed E-state index contributed by atoms with van der Waals surface area (Å²) in [5, 5.41) is 16.1. The number of hydrogen-bond donors (Lipinski definition) is 2. The highest BCUT2D eigenvalue weighted by Gasteiger charge is 2.27. The van der Waals surface area contributed by atoms with Gasteiger partial charge in [-0.3, -0.25) is 4.79 Å². The van der Waals surface area contributed by atoms with Gasteiger partial charge in [0.2, 0.25) is 11.8 Å². The van der Waals surface area contributed by atoms with Crippen LogP contribution in [0.4, 0.5) is 9.80 Å². The zero-order valence-electron chi connectivity index (χ0n) is 20.2. The molecular formula is C26H27N5O4S. The van der Waals surface area contributed by atoms with Crippen molar-refractivity contribution >= 4 is 28.3 Å². The van der Waals surface area contributed by atoms with Crippen LogP contribution < -0.4 is 20.1 Å². The first-order chi connectivity index (χ1) is 17.5. The summed E-state index contributed by atoms with van der Waals surface area (Å²) in [7, 11) is 3.16. The Bertz CT molecular complexity index is 1280. The first kappa shape index (κ1) is 25.0. The fourth-order valence-electron chi connectivity index (χ4n) is 4.06. The zero-order valence-corrected chi connectivity index (χ0v) is 21.0. The molecule has 2 N–H and O–H groups in total. The number of rotatable bonds is 8. The van der Waals surface area contributed by atoms with E-state index in [0.29, 0.717) is 48.9 Å². The Balaban J connectivity index is 1.36. The van der Waals surface area contributed by atoms with Crippen LogP contribution in [-0.2, 0) is 30.7 Å². The number of thiophene rings is 1. The lowest BCUT2D eigenvalue weighted by Crippen LogP contribution is -2.42. The second-order valence-electron chi connectivity index (χ2n) is 8.22. The molecule has 0 radical (unpaired) electrons. The molecular weight excluding hydrogens is 478 g/mol. The molecule has 0 atom stereocenters. The number of hydrogen-bond acceptors (Lipinski definition) is 7. The Morgan fingerprint density at radius 1 is 1.19 bits per heavy atom. The molecule has 4 rings (SSSR count). The second-order valence-corrected chi connectivity index (χ2v) is 9.32. The fourth-order valence-corrected chi connectivity index (χ4v) is 5.29. The smallest absolute Gasteiger partial charge is 0.318 e. The number of nitrogens with zero attached hydrogens (tertiary/aromatic N) is 3. The number of ether oxygens (including phenoxy) is 2. The molecule has 0 saturated heterocycles. The molecule has 10 heteroatoms. The van der Waals surface area contributed by atoms with E-state index in [-0.39, 0.29) is 18.4 Å². The van der Waals surface area contributed by atoms with Crippen LogP contribution in [0.2, 0.25) is 0 Å². The molecule has 1 aliphatic heterocycles. The molecule has 9 nitrogen and oxygen atoms in total. The summed E-state index contributed by atoms with van der Waals surface area (Å²) in [5.41, 5.74) is 3.21. The van der Waals surface area contributed by atoms with Crippen LogP contribution in [0.25, 0.3) is 0 Å². The van der Waals surface area contributed by atoms with Crippen LogP contribution in [0.1, 0.15) is 33.6 Å². The van der Waals surface area contributed by atoms with Crippen molar-refractivity contribution in [1.82, 2.24) is 15.2 Å². The minimum absolute atomic E-state index is 0.168. The van der Waals surface area contributed by atoms with Crippen molar-refractivity contribution in [3.63, 3.8) is 0 Å². The number of fused-ring (bicyclic) bond motifs is 1. The Hall–Kier alpha value is -4.10. The number of amides is 3. The van der Waals surface area contributed by atoms with Gasteiger partial charge < -0.3 is 25.0 Å². The van der Waals surface area contributed by atoms with Crippen LogP contribution in [-0.4, -0.2) is 42.6 Å². The maximum Gasteiger partial charge on any atom is 0.318 e. The van der Waals surface area contributed by atoms with E-state index in [4.69, 9.17) is 9.47 Å². The van der Waals surface area contributed by atoms with Crippen molar-refractivity contribution in [2.45, 2.75) is 32.4 Å². The van der Waals surface area contributed by atoms with Gasteiger partial charge in [-0.05, 0) is 35.6 Å². The normalized spacial score (nSPS) is 12.3. The van der Waals surface area contributed by atoms with Gasteiger partial charge in [-0.1, -0.05) is 24.3 Å². The number of anilines is 1. The molecule has 3 heterocycles. The van der Waals surface area contributed by atoms with Crippen LogP contribution >= 0.6 is 11.3 Å². The summed E-state index contributed by atoms with van der Waals surface area (Å²) in [6.45, 7) is 1.23. The van der Waals surface area contributed by atoms with Crippen LogP contribution in [0.5, 0.6) is 11.6 Å². The van der Waals surface area contributed by atoms with Crippen molar-refractivity contribution in [3.05, 3.63) is 69.7 Å². The maximum atomic E-state index is 12.7. The molecule has 0 spiro atoms. The van der Waals surface area contributed by atoms with Crippen molar-refractivity contribution in [1.29, 1.82) is 5.26 Å². The molecule has 0 aliphatic carbocycles. The Labute approximate surface area is 213 Å². The Morgan fingerprint density at radius 2 is 2.03 bits per heavy atom. The van der Waals surface area contributed by atoms with E-state index in [1.807, 2.05) is 30.3 Å². The van der Waals surface area contributed by atoms with Gasteiger partial charge in [0, 0.05) is 36.7 Å². The predicted octanol–water partition coefficient (Wildman–Crippen LogP) is 3.87. The predicted molar refractivity (Wildman–Crippen MR) is 136 cm³/mol. The van der Waals surface area contributed by atoms with Crippen LogP contribution in [0.15, 0.2) is 42.6 Å². The third-order valence-corrected chi connectivity index (χ3v) is 7.11. The molecule has 3 amide bonds. The molecule has 3 aromatic rings. The number of para-hydroxylation sites is 1. The molecule has 1 aromatic carbocycles. The van der Waals surface area contributed by atoms with Crippen LogP contribution in [0, 0.1) is 11.3 Å². The minimum atomic E-state index is -0.189. The second kappa shape index (κ2) is 11.6. The third-order valence-electron chi connectivity index (χ3n) is 5.97. The fraction of sp³-hybridized carbons (Fsp3) is 0.308. The molecule has 0 unspecified atom stereocenters. The monoisotopic (exact) mass is 505 g/mol. The molecule has 0 fully saturated rings. The lowest BCUT2D eigenvalue weighted by Gasteiger charge is -2.27. The number of nitrogens with one attached hydrogen (secondary N) is 2. The van der Waals surface area contributed by atoms with E-state index < -0.39 is 0 Å². The molecule has 186 valence electrons. The first-order valence-electron chi connectivity index (χ1n) is 11.5. The summed E-state index contributed by atoms with van der Waals surface area (Å²) < 4.78 is 10.4. The molecule has 2 aromatic heterocycles. The molecule has 36 heavy (non-hydrogen) atoms. The molecule has 1 aliphatic rings. The van der Waals surface area contributed by atoms with Crippen molar-refractivity contribution in [2.75, 3.05) is 26.1 Å². The summed E-state index contributed by atoms with van der Waals surface area (Å²) in [4.78, 5) is 32.2. The van der Waals surface area contributed by atoms with E-state index in [0.717, 1.165) is 27.3 Å². The van der Waals surface area contributed by atoms with E-state index in [2.05, 4.69) is 21.7 Å². The molecule has 0 saturated carbocycles. The third kappa shape index (κ3) is 5.75. The van der Waals surface area contributed by atoms with Gasteiger partial charge in [0.05, 0.1) is 26.3 Å². The topological polar surface area (TPSA) is 117 Å². The van der Waals surface area contributed by atoms with E-state index in [1.165, 1.54) is 11.3 Å². The van der Waals surface area contributed by atoms with E-state index in [9.17, 15) is 14.9 Å². The summed E-state index contributed by atoms with van der Waals surface area (Å²) in [6.07, 6.45) is 3.01. The van der Waals surface area contributed by atoms with Crippen molar-refractivity contribution in [2.24, 2.45) is 0 Å². The largest absolute Gasteiger partial charge is 0.496 e. The van der Waals surface area contributed by atoms with E-state index >= 15 is 0 Å². The zero-order chi connectivity index (χ0) is 25.5. The van der Waals surface area contributed by atoms with Gasteiger partial charge in [-0.2, -0.15) is 5.26 Å². The number of carbonyl (C=O) groups is 2. The lowest BCUT2D eigenvalue weighted by molar-refractivity contribution is -0.116. The number of pyridine rings is 1.